The predicted molar refractivity (Wildman–Crippen MR) is 58.8 cm³/mol. The lowest BCUT2D eigenvalue weighted by atomic mass is 10.3. The number of aromatic nitrogens is 3. The van der Waals surface area contributed by atoms with Gasteiger partial charge >= 0.3 is 0 Å². The number of rotatable bonds is 1. The minimum atomic E-state index is -0.666. The average Bonchev–Trinajstić information content (AvgIpc) is 2.73. The zero-order chi connectivity index (χ0) is 11.8. The van der Waals surface area contributed by atoms with Gasteiger partial charge in [0.15, 0.2) is 17.3 Å². The van der Waals surface area contributed by atoms with Crippen LogP contribution in [0.3, 0.4) is 0 Å². The Morgan fingerprint density at radius 1 is 1.00 bits per heavy atom. The quantitative estimate of drug-likeness (QED) is 0.644. The van der Waals surface area contributed by atoms with Crippen LogP contribution in [0, 0.1) is 11.6 Å². The molecule has 0 aliphatic heterocycles. The third kappa shape index (κ3) is 1.47. The van der Waals surface area contributed by atoms with E-state index in [0.29, 0.717) is 5.65 Å². The topological polar surface area (TPSA) is 30.7 Å². The van der Waals surface area contributed by atoms with Gasteiger partial charge in [0.25, 0.3) is 0 Å². The van der Waals surface area contributed by atoms with Crippen LogP contribution in [0.25, 0.3) is 16.7 Å². The Morgan fingerprint density at radius 3 is 2.53 bits per heavy atom. The SMILES string of the molecule is Fc1cccc(F)c1-n1ncc2cccnc21. The van der Waals surface area contributed by atoms with Crippen LogP contribution in [0.15, 0.2) is 42.7 Å². The predicted octanol–water partition coefficient (Wildman–Crippen LogP) is 2.70. The first-order chi connectivity index (χ1) is 8.27. The Labute approximate surface area is 95.3 Å². The maximum absolute atomic E-state index is 13.6. The van der Waals surface area contributed by atoms with Gasteiger partial charge in [-0.1, -0.05) is 6.07 Å². The molecule has 5 heteroatoms. The van der Waals surface area contributed by atoms with E-state index in [1.54, 1.807) is 18.3 Å². The van der Waals surface area contributed by atoms with Crippen molar-refractivity contribution in [3.05, 3.63) is 54.4 Å². The molecule has 0 radical (unpaired) electrons. The van der Waals surface area contributed by atoms with Gasteiger partial charge in [0.1, 0.15) is 5.69 Å². The van der Waals surface area contributed by atoms with Crippen molar-refractivity contribution in [2.24, 2.45) is 0 Å². The van der Waals surface area contributed by atoms with E-state index in [9.17, 15) is 8.78 Å². The standard InChI is InChI=1S/C12H7F2N3/c13-9-4-1-5-10(14)11(9)17-12-8(7-16-17)3-2-6-15-12/h1-7H. The van der Waals surface area contributed by atoms with Gasteiger partial charge in [0.05, 0.1) is 6.20 Å². The molecule has 0 saturated carbocycles. The Kier molecular flexibility index (Phi) is 2.11. The zero-order valence-electron chi connectivity index (χ0n) is 8.64. The van der Waals surface area contributed by atoms with Crippen molar-refractivity contribution in [3.63, 3.8) is 0 Å². The van der Waals surface area contributed by atoms with Crippen LogP contribution in [-0.4, -0.2) is 14.8 Å². The zero-order valence-corrected chi connectivity index (χ0v) is 8.64. The van der Waals surface area contributed by atoms with E-state index in [-0.39, 0.29) is 5.69 Å². The van der Waals surface area contributed by atoms with Crippen molar-refractivity contribution in [2.45, 2.75) is 0 Å². The summed E-state index contributed by atoms with van der Waals surface area (Å²) < 4.78 is 28.4. The van der Waals surface area contributed by atoms with Crippen LogP contribution < -0.4 is 0 Å². The molecule has 3 nitrogen and oxygen atoms in total. The average molecular weight is 231 g/mol. The molecule has 0 spiro atoms. The molecular formula is C12H7F2N3. The van der Waals surface area contributed by atoms with Gasteiger partial charge in [-0.05, 0) is 24.3 Å². The van der Waals surface area contributed by atoms with E-state index in [1.165, 1.54) is 29.1 Å². The van der Waals surface area contributed by atoms with E-state index in [0.717, 1.165) is 5.39 Å². The fourth-order valence-corrected chi connectivity index (χ4v) is 1.72. The molecule has 0 N–H and O–H groups in total. The number of benzene rings is 1. The van der Waals surface area contributed by atoms with E-state index in [2.05, 4.69) is 10.1 Å². The van der Waals surface area contributed by atoms with Gasteiger partial charge in [0.2, 0.25) is 0 Å². The van der Waals surface area contributed by atoms with Crippen LogP contribution in [0.5, 0.6) is 0 Å². The lowest BCUT2D eigenvalue weighted by Crippen LogP contribution is -2.03. The minimum absolute atomic E-state index is 0.207. The molecule has 0 aliphatic carbocycles. The molecule has 3 rings (SSSR count). The molecule has 2 aromatic heterocycles. The summed E-state index contributed by atoms with van der Waals surface area (Å²) in [6.45, 7) is 0. The lowest BCUT2D eigenvalue weighted by Gasteiger charge is -2.05. The van der Waals surface area contributed by atoms with Crippen LogP contribution in [0.2, 0.25) is 0 Å². The van der Waals surface area contributed by atoms with Gasteiger partial charge in [-0.25, -0.2) is 18.4 Å². The highest BCUT2D eigenvalue weighted by Crippen LogP contribution is 2.20. The molecule has 17 heavy (non-hydrogen) atoms. The van der Waals surface area contributed by atoms with Crippen molar-refractivity contribution in [2.75, 3.05) is 0 Å². The van der Waals surface area contributed by atoms with Crippen LogP contribution in [0.1, 0.15) is 0 Å². The van der Waals surface area contributed by atoms with Crippen molar-refractivity contribution in [1.29, 1.82) is 0 Å². The summed E-state index contributed by atoms with van der Waals surface area (Å²) in [6.07, 6.45) is 3.08. The van der Waals surface area contributed by atoms with Gasteiger partial charge in [-0.3, -0.25) is 0 Å². The fraction of sp³-hybridized carbons (Fsp3) is 0. The normalized spacial score (nSPS) is 10.9. The first-order valence-electron chi connectivity index (χ1n) is 5.00. The first kappa shape index (κ1) is 9.89. The summed E-state index contributed by atoms with van der Waals surface area (Å²) >= 11 is 0. The van der Waals surface area contributed by atoms with Crippen molar-refractivity contribution < 1.29 is 8.78 Å². The molecule has 0 bridgehead atoms. The third-order valence-electron chi connectivity index (χ3n) is 2.48. The highest BCUT2D eigenvalue weighted by Gasteiger charge is 2.14. The summed E-state index contributed by atoms with van der Waals surface area (Å²) in [5.41, 5.74) is 0.220. The van der Waals surface area contributed by atoms with E-state index in [1.807, 2.05) is 0 Å². The molecule has 84 valence electrons. The lowest BCUT2D eigenvalue weighted by molar-refractivity contribution is 0.562. The molecule has 0 saturated heterocycles. The second-order valence-corrected chi connectivity index (χ2v) is 3.54. The number of halogens is 2. The summed E-state index contributed by atoms with van der Waals surface area (Å²) in [4.78, 5) is 4.07. The molecule has 0 fully saturated rings. The summed E-state index contributed by atoms with van der Waals surface area (Å²) in [5.74, 6) is -1.33. The summed E-state index contributed by atoms with van der Waals surface area (Å²) in [7, 11) is 0. The highest BCUT2D eigenvalue weighted by atomic mass is 19.1. The number of hydrogen-bond acceptors (Lipinski definition) is 2. The maximum Gasteiger partial charge on any atom is 0.163 e. The Hall–Kier alpha value is -2.30. The number of para-hydroxylation sites is 1. The Balaban J connectivity index is 2.35. The molecule has 3 aromatic rings. The number of nitrogens with zero attached hydrogens (tertiary/aromatic N) is 3. The van der Waals surface area contributed by atoms with Crippen molar-refractivity contribution in [3.8, 4) is 5.69 Å². The molecule has 2 heterocycles. The minimum Gasteiger partial charge on any atom is -0.237 e. The first-order valence-corrected chi connectivity index (χ1v) is 5.00. The molecular weight excluding hydrogens is 224 g/mol. The summed E-state index contributed by atoms with van der Waals surface area (Å²) in [6, 6.07) is 7.22. The molecule has 0 unspecified atom stereocenters. The van der Waals surface area contributed by atoms with Crippen LogP contribution >= 0.6 is 0 Å². The molecule has 0 aliphatic rings. The van der Waals surface area contributed by atoms with Gasteiger partial charge in [-0.2, -0.15) is 5.10 Å². The monoisotopic (exact) mass is 231 g/mol. The van der Waals surface area contributed by atoms with Gasteiger partial charge < -0.3 is 0 Å². The van der Waals surface area contributed by atoms with Gasteiger partial charge in [0, 0.05) is 11.6 Å². The Morgan fingerprint density at radius 2 is 1.76 bits per heavy atom. The van der Waals surface area contributed by atoms with Crippen LogP contribution in [0.4, 0.5) is 8.78 Å². The maximum atomic E-state index is 13.6. The van der Waals surface area contributed by atoms with E-state index >= 15 is 0 Å². The fourth-order valence-electron chi connectivity index (χ4n) is 1.72. The Bertz CT molecular complexity index is 671. The second-order valence-electron chi connectivity index (χ2n) is 3.54. The summed E-state index contributed by atoms with van der Waals surface area (Å²) in [5, 5.41) is 4.69. The smallest absolute Gasteiger partial charge is 0.163 e. The third-order valence-corrected chi connectivity index (χ3v) is 2.48. The van der Waals surface area contributed by atoms with E-state index in [4.69, 9.17) is 0 Å². The van der Waals surface area contributed by atoms with Gasteiger partial charge in [-0.15, -0.1) is 0 Å². The van der Waals surface area contributed by atoms with E-state index < -0.39 is 11.6 Å². The number of pyridine rings is 1. The van der Waals surface area contributed by atoms with Crippen molar-refractivity contribution >= 4 is 11.0 Å². The number of fused-ring (bicyclic) bond motifs is 1. The molecule has 1 aromatic carbocycles. The molecule has 0 amide bonds. The number of hydrogen-bond donors (Lipinski definition) is 0. The van der Waals surface area contributed by atoms with Crippen LogP contribution in [-0.2, 0) is 0 Å². The second kappa shape index (κ2) is 3.62. The highest BCUT2D eigenvalue weighted by molar-refractivity contribution is 5.75. The molecule has 0 atom stereocenters. The van der Waals surface area contributed by atoms with Crippen molar-refractivity contribution in [1.82, 2.24) is 14.8 Å². The largest absolute Gasteiger partial charge is 0.237 e.